The number of ketones is 1. The molecular formula is C17H22O5. The lowest BCUT2D eigenvalue weighted by atomic mass is 9.93. The van der Waals surface area contributed by atoms with E-state index in [1.165, 1.54) is 0 Å². The first-order valence-electron chi connectivity index (χ1n) is 8.01. The van der Waals surface area contributed by atoms with E-state index in [1.807, 2.05) is 0 Å². The minimum Gasteiger partial charge on any atom is -0.454 e. The molecule has 3 rings (SSSR count). The van der Waals surface area contributed by atoms with Crippen molar-refractivity contribution in [3.8, 4) is 0 Å². The van der Waals surface area contributed by atoms with E-state index in [0.29, 0.717) is 29.7 Å². The number of carbonyl (C=O) groups is 2. The molecule has 1 saturated carbocycles. The molecular weight excluding hydrogens is 284 g/mol. The van der Waals surface area contributed by atoms with Gasteiger partial charge in [0, 0.05) is 25.5 Å². The lowest BCUT2D eigenvalue weighted by Gasteiger charge is -2.29. The van der Waals surface area contributed by atoms with E-state index in [1.54, 1.807) is 14.0 Å². The van der Waals surface area contributed by atoms with Gasteiger partial charge in [0.05, 0.1) is 11.7 Å². The minimum atomic E-state index is -0.478. The fourth-order valence-corrected chi connectivity index (χ4v) is 3.50. The first-order chi connectivity index (χ1) is 10.6. The molecule has 0 aliphatic heterocycles. The Kier molecular flexibility index (Phi) is 4.34. The molecule has 2 atom stereocenters. The fraction of sp³-hybridized carbons (Fsp3) is 0.647. The average molecular weight is 306 g/mol. The van der Waals surface area contributed by atoms with Crippen LogP contribution in [0.5, 0.6) is 0 Å². The minimum absolute atomic E-state index is 0.0516. The Morgan fingerprint density at radius 2 is 1.86 bits per heavy atom. The van der Waals surface area contributed by atoms with Crippen LogP contribution >= 0.6 is 0 Å². The predicted octanol–water partition coefficient (Wildman–Crippen LogP) is 3.22. The van der Waals surface area contributed by atoms with Crippen LogP contribution in [0.1, 0.15) is 70.8 Å². The Labute approximate surface area is 130 Å². The third-order valence-electron chi connectivity index (χ3n) is 4.69. The highest BCUT2D eigenvalue weighted by molar-refractivity contribution is 6.02. The summed E-state index contributed by atoms with van der Waals surface area (Å²) in [5.74, 6) is 0.399. The molecule has 1 aromatic heterocycles. The Morgan fingerprint density at radius 3 is 2.55 bits per heavy atom. The number of methoxy groups -OCH3 is 1. The summed E-state index contributed by atoms with van der Waals surface area (Å²) in [5, 5.41) is 0. The van der Waals surface area contributed by atoms with Gasteiger partial charge < -0.3 is 13.9 Å². The molecule has 0 aromatic carbocycles. The molecule has 1 aromatic rings. The highest BCUT2D eigenvalue weighted by atomic mass is 16.6. The number of esters is 1. The maximum Gasteiger partial charge on any atom is 0.374 e. The molecule has 0 bridgehead atoms. The molecule has 0 radical (unpaired) electrons. The molecule has 0 N–H and O–H groups in total. The Balaban J connectivity index is 1.79. The number of hydrogen-bond acceptors (Lipinski definition) is 5. The zero-order valence-electron chi connectivity index (χ0n) is 13.1. The van der Waals surface area contributed by atoms with Crippen molar-refractivity contribution < 1.29 is 23.5 Å². The van der Waals surface area contributed by atoms with Gasteiger partial charge >= 0.3 is 5.97 Å². The van der Waals surface area contributed by atoms with Crippen molar-refractivity contribution in [3.63, 3.8) is 0 Å². The number of fused-ring (bicyclic) bond motifs is 1. The van der Waals surface area contributed by atoms with Crippen LogP contribution in [0.2, 0.25) is 0 Å². The lowest BCUT2D eigenvalue weighted by Crippen LogP contribution is -2.35. The first kappa shape index (κ1) is 15.3. The molecule has 5 heteroatoms. The van der Waals surface area contributed by atoms with E-state index < -0.39 is 5.97 Å². The number of rotatable bonds is 3. The maximum absolute atomic E-state index is 12.4. The van der Waals surface area contributed by atoms with Crippen molar-refractivity contribution in [2.24, 2.45) is 0 Å². The van der Waals surface area contributed by atoms with Gasteiger partial charge in [-0.25, -0.2) is 4.79 Å². The van der Waals surface area contributed by atoms with Crippen LogP contribution in [0, 0.1) is 6.92 Å². The molecule has 2 aliphatic rings. The van der Waals surface area contributed by atoms with Crippen LogP contribution in [-0.4, -0.2) is 31.1 Å². The molecule has 0 unspecified atom stereocenters. The van der Waals surface area contributed by atoms with Crippen LogP contribution in [0.25, 0.3) is 0 Å². The van der Waals surface area contributed by atoms with Crippen molar-refractivity contribution in [1.82, 2.24) is 0 Å². The average Bonchev–Trinajstić information content (AvgIpc) is 2.86. The summed E-state index contributed by atoms with van der Waals surface area (Å²) in [6.07, 6.45) is 5.56. The van der Waals surface area contributed by atoms with Crippen LogP contribution < -0.4 is 0 Å². The molecule has 1 heterocycles. The van der Waals surface area contributed by atoms with E-state index in [2.05, 4.69) is 0 Å². The van der Waals surface area contributed by atoms with E-state index in [4.69, 9.17) is 13.9 Å². The van der Waals surface area contributed by atoms with Crippen molar-refractivity contribution in [2.75, 3.05) is 7.11 Å². The Morgan fingerprint density at radius 1 is 1.14 bits per heavy atom. The van der Waals surface area contributed by atoms with E-state index in [9.17, 15) is 9.59 Å². The van der Waals surface area contributed by atoms with Crippen molar-refractivity contribution in [2.45, 2.75) is 64.1 Å². The fourth-order valence-electron chi connectivity index (χ4n) is 3.50. The zero-order valence-corrected chi connectivity index (χ0v) is 13.1. The predicted molar refractivity (Wildman–Crippen MR) is 79.2 cm³/mol. The quantitative estimate of drug-likeness (QED) is 0.802. The standard InChI is InChI=1S/C17H22O5/c1-10-15-11(18)6-5-9-14(15)21-16(10)17(19)22-13-8-4-3-7-12(13)20-2/h12-13H,3-9H2,1-2H3/t12-,13-/m1/s1. The van der Waals surface area contributed by atoms with Crippen molar-refractivity contribution >= 4 is 11.8 Å². The zero-order chi connectivity index (χ0) is 15.7. The van der Waals surface area contributed by atoms with Gasteiger partial charge in [-0.05, 0) is 32.6 Å². The summed E-state index contributed by atoms with van der Waals surface area (Å²) in [6.45, 7) is 1.76. The number of hydrogen-bond donors (Lipinski definition) is 0. The Hall–Kier alpha value is -1.62. The van der Waals surface area contributed by atoms with E-state index in [0.717, 1.165) is 32.1 Å². The largest absolute Gasteiger partial charge is 0.454 e. The molecule has 5 nitrogen and oxygen atoms in total. The Bertz CT molecular complexity index is 586. The van der Waals surface area contributed by atoms with Gasteiger partial charge in [0.2, 0.25) is 5.76 Å². The van der Waals surface area contributed by atoms with Crippen LogP contribution in [0.15, 0.2) is 4.42 Å². The normalized spacial score (nSPS) is 24.9. The van der Waals surface area contributed by atoms with Gasteiger partial charge in [0.25, 0.3) is 0 Å². The number of Topliss-reactive ketones (excluding diaryl/α,β-unsaturated/α-hetero) is 1. The summed E-state index contributed by atoms with van der Waals surface area (Å²) in [5.41, 5.74) is 1.21. The van der Waals surface area contributed by atoms with Crippen molar-refractivity contribution in [3.05, 3.63) is 22.6 Å². The monoisotopic (exact) mass is 306 g/mol. The molecule has 0 amide bonds. The molecule has 0 spiro atoms. The molecule has 0 saturated heterocycles. The lowest BCUT2D eigenvalue weighted by molar-refractivity contribution is -0.0554. The second-order valence-corrected chi connectivity index (χ2v) is 6.13. The third-order valence-corrected chi connectivity index (χ3v) is 4.69. The van der Waals surface area contributed by atoms with Gasteiger partial charge in [0.1, 0.15) is 11.9 Å². The SMILES string of the molecule is CO[C@@H]1CCCC[C@H]1OC(=O)c1oc2c(c1C)C(=O)CCC2. The topological polar surface area (TPSA) is 65.7 Å². The summed E-state index contributed by atoms with van der Waals surface area (Å²) in [7, 11) is 1.65. The summed E-state index contributed by atoms with van der Waals surface area (Å²) in [6, 6.07) is 0. The van der Waals surface area contributed by atoms with E-state index >= 15 is 0 Å². The maximum atomic E-state index is 12.4. The third kappa shape index (κ3) is 2.70. The van der Waals surface area contributed by atoms with Gasteiger partial charge in [-0.1, -0.05) is 6.42 Å². The highest BCUT2D eigenvalue weighted by Gasteiger charge is 2.33. The van der Waals surface area contributed by atoms with Crippen LogP contribution in [0.3, 0.4) is 0 Å². The second-order valence-electron chi connectivity index (χ2n) is 6.13. The summed E-state index contributed by atoms with van der Waals surface area (Å²) < 4.78 is 16.7. The van der Waals surface area contributed by atoms with Crippen LogP contribution in [-0.2, 0) is 15.9 Å². The molecule has 22 heavy (non-hydrogen) atoms. The number of ether oxygens (including phenoxy) is 2. The van der Waals surface area contributed by atoms with Gasteiger partial charge in [-0.2, -0.15) is 0 Å². The molecule has 2 aliphatic carbocycles. The molecule has 1 fully saturated rings. The van der Waals surface area contributed by atoms with Gasteiger partial charge in [-0.15, -0.1) is 0 Å². The molecule has 120 valence electrons. The number of carbonyl (C=O) groups excluding carboxylic acids is 2. The van der Waals surface area contributed by atoms with E-state index in [-0.39, 0.29) is 23.8 Å². The summed E-state index contributed by atoms with van der Waals surface area (Å²) in [4.78, 5) is 24.4. The van der Waals surface area contributed by atoms with Crippen molar-refractivity contribution in [1.29, 1.82) is 0 Å². The number of aryl methyl sites for hydroxylation is 1. The number of furan rings is 1. The highest BCUT2D eigenvalue weighted by Crippen LogP contribution is 2.31. The smallest absolute Gasteiger partial charge is 0.374 e. The summed E-state index contributed by atoms with van der Waals surface area (Å²) >= 11 is 0. The van der Waals surface area contributed by atoms with Gasteiger partial charge in [0.15, 0.2) is 5.78 Å². The van der Waals surface area contributed by atoms with Crippen LogP contribution in [0.4, 0.5) is 0 Å². The first-order valence-corrected chi connectivity index (χ1v) is 8.01. The van der Waals surface area contributed by atoms with Gasteiger partial charge in [-0.3, -0.25) is 4.79 Å². The second kappa shape index (κ2) is 6.24.